The summed E-state index contributed by atoms with van der Waals surface area (Å²) in [4.78, 5) is 33.6. The Morgan fingerprint density at radius 3 is 2.86 bits per heavy atom. The Morgan fingerprint density at radius 2 is 2.07 bits per heavy atom. The molecule has 2 N–H and O–H groups in total. The lowest BCUT2D eigenvalue weighted by atomic mass is 9.74. The van der Waals surface area contributed by atoms with Gasteiger partial charge < -0.3 is 24.7 Å². The van der Waals surface area contributed by atoms with E-state index in [0.717, 1.165) is 25.6 Å². The summed E-state index contributed by atoms with van der Waals surface area (Å²) in [6, 6.07) is 3.06. The average Bonchev–Trinajstić information content (AvgIpc) is 3.70. The molecule has 4 aliphatic heterocycles. The first-order valence-electron chi connectivity index (χ1n) is 15.2. The van der Waals surface area contributed by atoms with Crippen LogP contribution in [0.15, 0.2) is 18.3 Å². The van der Waals surface area contributed by atoms with Crippen molar-refractivity contribution in [2.75, 3.05) is 42.6 Å². The molecule has 10 nitrogen and oxygen atoms in total. The zero-order valence-electron chi connectivity index (χ0n) is 24.0. The Hall–Kier alpha value is -3.64. The number of aromatic nitrogens is 3. The number of benzene rings is 1. The van der Waals surface area contributed by atoms with Gasteiger partial charge in [-0.05, 0) is 38.1 Å². The van der Waals surface area contributed by atoms with E-state index < -0.39 is 12.0 Å². The van der Waals surface area contributed by atoms with Crippen LogP contribution < -0.4 is 14.5 Å². The van der Waals surface area contributed by atoms with Crippen molar-refractivity contribution in [3.8, 4) is 11.8 Å². The summed E-state index contributed by atoms with van der Waals surface area (Å²) < 4.78 is 35.5. The van der Waals surface area contributed by atoms with Gasteiger partial charge in [0.2, 0.25) is 0 Å². The van der Waals surface area contributed by atoms with Gasteiger partial charge >= 0.3 is 6.01 Å². The lowest BCUT2D eigenvalue weighted by molar-refractivity contribution is -0.00399. The van der Waals surface area contributed by atoms with E-state index in [9.17, 15) is 23.8 Å². The number of hydrogen-bond donors (Lipinski definition) is 2. The summed E-state index contributed by atoms with van der Waals surface area (Å²) in [6.07, 6.45) is 3.22. The fraction of sp³-hybridized carbons (Fsp3) is 0.548. The van der Waals surface area contributed by atoms with Gasteiger partial charge in [0, 0.05) is 55.1 Å². The molecule has 6 heterocycles. The van der Waals surface area contributed by atoms with Crippen LogP contribution in [0.25, 0.3) is 10.9 Å². The van der Waals surface area contributed by atoms with E-state index in [1.807, 2.05) is 11.8 Å². The van der Waals surface area contributed by atoms with Gasteiger partial charge in [-0.25, -0.2) is 8.78 Å². The molecule has 3 aromatic rings. The van der Waals surface area contributed by atoms with E-state index in [2.05, 4.69) is 9.88 Å². The number of aliphatic hydroxyl groups is 1. The highest BCUT2D eigenvalue weighted by molar-refractivity contribution is 6.16. The molecule has 226 valence electrons. The second kappa shape index (κ2) is 9.68. The highest BCUT2D eigenvalue weighted by Gasteiger charge is 2.50. The van der Waals surface area contributed by atoms with Gasteiger partial charge in [0.1, 0.15) is 35.7 Å². The molecule has 3 unspecified atom stereocenters. The maximum Gasteiger partial charge on any atom is 0.318 e. The Balaban J connectivity index is 1.19. The Bertz CT molecular complexity index is 1660. The number of carbonyl (C=O) groups excluding carboxylic acids is 1. The molecule has 3 saturated heterocycles. The Labute approximate surface area is 247 Å². The molecule has 0 radical (unpaired) electrons. The minimum atomic E-state index is -0.887. The second-order valence-corrected chi connectivity index (χ2v) is 12.8. The SMILES string of the molecule is CCc1c(F)cnc2cc(O)cc(N3Cc4nc(OC[C@@]56CCCN5C[C@H](F)C6)nc(N5CC6CC(O)C6C5)c4C3=O)c12. The van der Waals surface area contributed by atoms with Crippen LogP contribution >= 0.6 is 0 Å². The molecule has 43 heavy (non-hydrogen) atoms. The van der Waals surface area contributed by atoms with Gasteiger partial charge in [-0.1, -0.05) is 6.92 Å². The summed E-state index contributed by atoms with van der Waals surface area (Å²) in [6.45, 7) is 4.64. The molecule has 5 atom stereocenters. The highest BCUT2D eigenvalue weighted by Crippen LogP contribution is 2.46. The van der Waals surface area contributed by atoms with Crippen LogP contribution in [0, 0.1) is 17.7 Å². The molecular formula is C31H34F2N6O4. The summed E-state index contributed by atoms with van der Waals surface area (Å²) >= 11 is 0. The van der Waals surface area contributed by atoms with Gasteiger partial charge in [0.25, 0.3) is 5.91 Å². The molecule has 12 heteroatoms. The molecular weight excluding hydrogens is 558 g/mol. The maximum atomic E-state index is 14.9. The van der Waals surface area contributed by atoms with Crippen LogP contribution in [0.3, 0.4) is 0 Å². The quantitative estimate of drug-likeness (QED) is 0.445. The number of carbonyl (C=O) groups is 1. The molecule has 1 amide bonds. The molecule has 5 aliphatic rings. The van der Waals surface area contributed by atoms with E-state index in [0.29, 0.717) is 84.0 Å². The first kappa shape index (κ1) is 26.9. The predicted molar refractivity (Wildman–Crippen MR) is 154 cm³/mol. The Morgan fingerprint density at radius 1 is 1.21 bits per heavy atom. The van der Waals surface area contributed by atoms with E-state index in [4.69, 9.17) is 14.7 Å². The van der Waals surface area contributed by atoms with Crippen molar-refractivity contribution in [2.24, 2.45) is 11.8 Å². The highest BCUT2D eigenvalue weighted by atomic mass is 19.1. The van der Waals surface area contributed by atoms with Crippen molar-refractivity contribution in [3.05, 3.63) is 41.0 Å². The van der Waals surface area contributed by atoms with Crippen molar-refractivity contribution >= 4 is 28.3 Å². The third-order valence-electron chi connectivity index (χ3n) is 10.4. The minimum absolute atomic E-state index is 0.0748. The molecule has 0 bridgehead atoms. The van der Waals surface area contributed by atoms with Gasteiger partial charge in [-0.3, -0.25) is 14.7 Å². The maximum absolute atomic E-state index is 14.9. The van der Waals surface area contributed by atoms with Crippen molar-refractivity contribution in [1.29, 1.82) is 0 Å². The van der Waals surface area contributed by atoms with Gasteiger partial charge in [-0.2, -0.15) is 9.97 Å². The first-order chi connectivity index (χ1) is 20.7. The fourth-order valence-electron chi connectivity index (χ4n) is 8.23. The lowest BCUT2D eigenvalue weighted by Crippen LogP contribution is -2.43. The van der Waals surface area contributed by atoms with Crippen LogP contribution in [0.4, 0.5) is 20.3 Å². The first-order valence-corrected chi connectivity index (χ1v) is 15.2. The van der Waals surface area contributed by atoms with Gasteiger partial charge in [-0.15, -0.1) is 0 Å². The van der Waals surface area contributed by atoms with Gasteiger partial charge in [0.15, 0.2) is 0 Å². The zero-order valence-corrected chi connectivity index (χ0v) is 24.0. The third-order valence-corrected chi connectivity index (χ3v) is 10.4. The van der Waals surface area contributed by atoms with E-state index in [1.54, 1.807) is 0 Å². The summed E-state index contributed by atoms with van der Waals surface area (Å²) in [5.41, 5.74) is 1.58. The summed E-state index contributed by atoms with van der Waals surface area (Å²) in [7, 11) is 0. The number of pyridine rings is 1. The molecule has 1 aromatic carbocycles. The monoisotopic (exact) mass is 592 g/mol. The number of anilines is 2. The van der Waals surface area contributed by atoms with Crippen molar-refractivity contribution in [1.82, 2.24) is 19.9 Å². The third kappa shape index (κ3) is 4.09. The number of halogens is 2. The summed E-state index contributed by atoms with van der Waals surface area (Å²) in [5.74, 6) is -0.0308. The molecule has 1 aliphatic carbocycles. The van der Waals surface area contributed by atoms with Crippen molar-refractivity contribution in [2.45, 2.75) is 63.4 Å². The van der Waals surface area contributed by atoms with Gasteiger partial charge in [0.05, 0.1) is 41.3 Å². The number of fused-ring (bicyclic) bond motifs is 4. The summed E-state index contributed by atoms with van der Waals surface area (Å²) in [5, 5.41) is 21.4. The Kier molecular flexibility index (Phi) is 6.07. The number of aliphatic hydroxyl groups excluding tert-OH is 1. The molecule has 2 aromatic heterocycles. The number of phenolic OH excluding ortho intramolecular Hbond substituents is 1. The number of aryl methyl sites for hydroxylation is 1. The largest absolute Gasteiger partial charge is 0.508 e. The smallest absolute Gasteiger partial charge is 0.318 e. The van der Waals surface area contributed by atoms with Crippen LogP contribution in [0.5, 0.6) is 11.8 Å². The van der Waals surface area contributed by atoms with Crippen LogP contribution in [-0.2, 0) is 13.0 Å². The number of aromatic hydroxyl groups is 1. The standard InChI is InChI=1S/C31H34F2N6O4/c1-2-19-21(33)10-34-22-7-18(40)8-24(26(19)22)39-14-23-27(29(39)42)28(37-11-16-6-25(41)20(16)13-37)36-30(35-23)43-15-31-4-3-5-38(31)12-17(32)9-31/h7-8,10,16-17,20,25,40-41H,2-6,9,11-15H2,1H3/t16?,17-,20?,25?,31+/m1/s1. The number of ether oxygens (including phenoxy) is 1. The number of amides is 1. The second-order valence-electron chi connectivity index (χ2n) is 12.8. The molecule has 1 saturated carbocycles. The number of nitrogens with zero attached hydrogens (tertiary/aromatic N) is 6. The fourth-order valence-corrected chi connectivity index (χ4v) is 8.23. The lowest BCUT2D eigenvalue weighted by Gasteiger charge is -2.34. The predicted octanol–water partition coefficient (Wildman–Crippen LogP) is 3.36. The molecule has 8 rings (SSSR count). The minimum Gasteiger partial charge on any atom is -0.508 e. The normalized spacial score (nSPS) is 29.7. The van der Waals surface area contributed by atoms with E-state index in [-0.39, 0.29) is 48.4 Å². The number of alkyl halides is 1. The van der Waals surface area contributed by atoms with Crippen LogP contribution in [0.2, 0.25) is 0 Å². The van der Waals surface area contributed by atoms with E-state index in [1.165, 1.54) is 17.0 Å². The zero-order chi connectivity index (χ0) is 29.6. The molecule has 0 spiro atoms. The topological polar surface area (TPSA) is 115 Å². The number of rotatable bonds is 6. The van der Waals surface area contributed by atoms with Crippen molar-refractivity contribution < 1.29 is 28.5 Å². The van der Waals surface area contributed by atoms with Crippen molar-refractivity contribution in [3.63, 3.8) is 0 Å². The number of hydrogen-bond acceptors (Lipinski definition) is 9. The van der Waals surface area contributed by atoms with Crippen LogP contribution in [0.1, 0.15) is 54.2 Å². The van der Waals surface area contributed by atoms with E-state index >= 15 is 0 Å². The number of phenols is 1. The molecule has 4 fully saturated rings. The van der Waals surface area contributed by atoms with Crippen LogP contribution in [-0.4, -0.2) is 86.6 Å². The average molecular weight is 593 g/mol.